The van der Waals surface area contributed by atoms with Crippen molar-refractivity contribution in [3.8, 4) is 0 Å². The third-order valence-electron chi connectivity index (χ3n) is 6.22. The molecule has 7 nitrogen and oxygen atoms in total. The molecule has 2 amide bonds. The zero-order valence-corrected chi connectivity index (χ0v) is 15.2. The largest absolute Gasteiger partial charge is 0.481 e. The van der Waals surface area contributed by atoms with E-state index in [9.17, 15) is 19.5 Å². The lowest BCUT2D eigenvalue weighted by Gasteiger charge is -2.33. The Morgan fingerprint density at radius 3 is 2.70 bits per heavy atom. The Kier molecular flexibility index (Phi) is 4.63. The summed E-state index contributed by atoms with van der Waals surface area (Å²) in [5.74, 6) is -1.54. The summed E-state index contributed by atoms with van der Waals surface area (Å²) in [4.78, 5) is 40.7. The molecule has 3 aliphatic heterocycles. The van der Waals surface area contributed by atoms with E-state index in [-0.39, 0.29) is 30.7 Å². The van der Waals surface area contributed by atoms with Gasteiger partial charge in [0.15, 0.2) is 0 Å². The predicted molar refractivity (Wildman–Crippen MR) is 95.5 cm³/mol. The second-order valence-electron chi connectivity index (χ2n) is 7.86. The van der Waals surface area contributed by atoms with E-state index in [0.29, 0.717) is 39.3 Å². The number of carboxylic acids is 1. The average molecular weight is 372 g/mol. The van der Waals surface area contributed by atoms with Gasteiger partial charge in [0.1, 0.15) is 0 Å². The van der Waals surface area contributed by atoms with Crippen LogP contribution in [0.25, 0.3) is 0 Å². The predicted octanol–water partition coefficient (Wildman–Crippen LogP) is 0.985. The molecule has 3 aliphatic rings. The first kappa shape index (κ1) is 18.0. The number of hydrogen-bond donors (Lipinski definition) is 1. The minimum atomic E-state index is -0.903. The van der Waals surface area contributed by atoms with Crippen LogP contribution in [0.15, 0.2) is 30.3 Å². The lowest BCUT2D eigenvalue weighted by atomic mass is 9.74. The van der Waals surface area contributed by atoms with Crippen molar-refractivity contribution in [1.29, 1.82) is 0 Å². The fraction of sp³-hybridized carbons (Fsp3) is 0.550. The summed E-state index contributed by atoms with van der Waals surface area (Å²) in [5.41, 5.74) is 0.133. The van der Waals surface area contributed by atoms with Crippen LogP contribution in [-0.4, -0.2) is 65.5 Å². The van der Waals surface area contributed by atoms with E-state index in [1.165, 1.54) is 0 Å². The molecule has 7 heteroatoms. The van der Waals surface area contributed by atoms with E-state index in [0.717, 1.165) is 5.56 Å². The van der Waals surface area contributed by atoms with Gasteiger partial charge in [-0.1, -0.05) is 30.3 Å². The molecule has 27 heavy (non-hydrogen) atoms. The molecule has 0 radical (unpaired) electrons. The zero-order valence-electron chi connectivity index (χ0n) is 15.2. The van der Waals surface area contributed by atoms with Crippen molar-refractivity contribution in [2.75, 3.05) is 32.8 Å². The highest BCUT2D eigenvalue weighted by Gasteiger charge is 2.55. The summed E-state index contributed by atoms with van der Waals surface area (Å²) in [6, 6.07) is 9.71. The topological polar surface area (TPSA) is 87.1 Å². The monoisotopic (exact) mass is 372 g/mol. The number of likely N-dealkylation sites (tertiary alicyclic amines) is 2. The lowest BCUT2D eigenvalue weighted by Crippen LogP contribution is -2.45. The molecule has 1 aromatic rings. The van der Waals surface area contributed by atoms with Gasteiger partial charge in [0, 0.05) is 45.1 Å². The second-order valence-corrected chi connectivity index (χ2v) is 7.86. The maximum absolute atomic E-state index is 13.0. The maximum Gasteiger partial charge on any atom is 0.311 e. The van der Waals surface area contributed by atoms with Gasteiger partial charge in [-0.05, 0) is 12.0 Å². The molecule has 144 valence electrons. The maximum atomic E-state index is 13.0. The number of benzene rings is 1. The number of ether oxygens (including phenoxy) is 1. The fourth-order valence-corrected chi connectivity index (χ4v) is 4.62. The van der Waals surface area contributed by atoms with Gasteiger partial charge in [-0.25, -0.2) is 0 Å². The van der Waals surface area contributed by atoms with Gasteiger partial charge in [-0.2, -0.15) is 0 Å². The summed E-state index contributed by atoms with van der Waals surface area (Å²) >= 11 is 0. The second kappa shape index (κ2) is 6.96. The molecule has 3 atom stereocenters. The highest BCUT2D eigenvalue weighted by Crippen LogP contribution is 2.43. The number of fused-ring (bicyclic) bond motifs is 1. The third-order valence-corrected chi connectivity index (χ3v) is 6.22. The Hall–Kier alpha value is -2.41. The average Bonchev–Trinajstić information content (AvgIpc) is 3.24. The van der Waals surface area contributed by atoms with Crippen molar-refractivity contribution in [3.63, 3.8) is 0 Å². The SMILES string of the molecule is O=C1CC(C(=O)N2C[C@H]3COCC[C@@]3(C(=O)O)C2)CN1Cc1ccccc1. The van der Waals surface area contributed by atoms with Crippen molar-refractivity contribution >= 4 is 17.8 Å². The molecule has 3 saturated heterocycles. The summed E-state index contributed by atoms with van der Waals surface area (Å²) < 4.78 is 5.45. The van der Waals surface area contributed by atoms with E-state index >= 15 is 0 Å². The van der Waals surface area contributed by atoms with Gasteiger partial charge in [-0.3, -0.25) is 14.4 Å². The summed E-state index contributed by atoms with van der Waals surface area (Å²) in [6.45, 7) is 2.30. The van der Waals surface area contributed by atoms with Crippen molar-refractivity contribution in [1.82, 2.24) is 9.80 Å². The highest BCUT2D eigenvalue weighted by atomic mass is 16.5. The number of amides is 2. The van der Waals surface area contributed by atoms with Crippen LogP contribution >= 0.6 is 0 Å². The van der Waals surface area contributed by atoms with Crippen LogP contribution in [0, 0.1) is 17.3 Å². The van der Waals surface area contributed by atoms with E-state index in [2.05, 4.69) is 0 Å². The lowest BCUT2D eigenvalue weighted by molar-refractivity contribution is -0.157. The van der Waals surface area contributed by atoms with Gasteiger partial charge in [-0.15, -0.1) is 0 Å². The number of carbonyl (C=O) groups is 3. The van der Waals surface area contributed by atoms with Gasteiger partial charge < -0.3 is 19.6 Å². The normalized spacial score (nSPS) is 30.4. The number of carboxylic acid groups (broad SMARTS) is 1. The molecule has 3 heterocycles. The molecule has 3 fully saturated rings. The molecular weight excluding hydrogens is 348 g/mol. The van der Waals surface area contributed by atoms with E-state index in [4.69, 9.17) is 4.74 Å². The third kappa shape index (κ3) is 3.20. The van der Waals surface area contributed by atoms with Gasteiger partial charge in [0.25, 0.3) is 0 Å². The van der Waals surface area contributed by atoms with Crippen molar-refractivity contribution in [2.45, 2.75) is 19.4 Å². The van der Waals surface area contributed by atoms with Crippen LogP contribution in [0.4, 0.5) is 0 Å². The number of rotatable bonds is 4. The van der Waals surface area contributed by atoms with Gasteiger partial charge in [0.2, 0.25) is 11.8 Å². The van der Waals surface area contributed by atoms with Crippen LogP contribution in [0.5, 0.6) is 0 Å². The van der Waals surface area contributed by atoms with Crippen LogP contribution < -0.4 is 0 Å². The van der Waals surface area contributed by atoms with Crippen molar-refractivity contribution in [2.24, 2.45) is 17.3 Å². The number of nitrogens with zero attached hydrogens (tertiary/aromatic N) is 2. The minimum absolute atomic E-state index is 0.0231. The first-order valence-electron chi connectivity index (χ1n) is 9.41. The molecule has 0 bridgehead atoms. The Labute approximate surface area is 157 Å². The molecule has 4 rings (SSSR count). The Bertz CT molecular complexity index is 752. The summed E-state index contributed by atoms with van der Waals surface area (Å²) in [5, 5.41) is 9.76. The minimum Gasteiger partial charge on any atom is -0.481 e. The smallest absolute Gasteiger partial charge is 0.311 e. The summed E-state index contributed by atoms with van der Waals surface area (Å²) in [7, 11) is 0. The number of carbonyl (C=O) groups excluding carboxylic acids is 2. The Balaban J connectivity index is 1.43. The molecule has 0 saturated carbocycles. The first-order chi connectivity index (χ1) is 13.0. The molecular formula is C20H24N2O5. The quantitative estimate of drug-likeness (QED) is 0.852. The zero-order chi connectivity index (χ0) is 19.0. The molecule has 0 aromatic heterocycles. The molecule has 1 N–H and O–H groups in total. The first-order valence-corrected chi connectivity index (χ1v) is 9.41. The van der Waals surface area contributed by atoms with Crippen LogP contribution in [0.2, 0.25) is 0 Å². The van der Waals surface area contributed by atoms with Crippen molar-refractivity contribution in [3.05, 3.63) is 35.9 Å². The summed E-state index contributed by atoms with van der Waals surface area (Å²) in [6.07, 6.45) is 0.629. The molecule has 0 spiro atoms. The van der Waals surface area contributed by atoms with E-state index < -0.39 is 17.3 Å². The van der Waals surface area contributed by atoms with E-state index in [1.807, 2.05) is 30.3 Å². The van der Waals surface area contributed by atoms with Crippen LogP contribution in [0.1, 0.15) is 18.4 Å². The standard InChI is InChI=1S/C20H24N2O5/c23-17-8-15(10-21(17)9-14-4-2-1-3-5-14)18(24)22-11-16-12-27-7-6-20(16,13-22)19(25)26/h1-5,15-16H,6-13H2,(H,25,26)/t15?,16-,20+/m0/s1. The fourth-order valence-electron chi connectivity index (χ4n) is 4.62. The Morgan fingerprint density at radius 2 is 2.00 bits per heavy atom. The highest BCUT2D eigenvalue weighted by molar-refractivity contribution is 5.90. The van der Waals surface area contributed by atoms with Crippen LogP contribution in [-0.2, 0) is 25.7 Å². The molecule has 1 aromatic carbocycles. The number of hydrogen-bond acceptors (Lipinski definition) is 4. The Morgan fingerprint density at radius 1 is 1.22 bits per heavy atom. The molecule has 1 unspecified atom stereocenters. The molecule has 0 aliphatic carbocycles. The van der Waals surface area contributed by atoms with Gasteiger partial charge >= 0.3 is 5.97 Å². The number of aliphatic carboxylic acids is 1. The van der Waals surface area contributed by atoms with Crippen molar-refractivity contribution < 1.29 is 24.2 Å². The van der Waals surface area contributed by atoms with E-state index in [1.54, 1.807) is 9.80 Å². The van der Waals surface area contributed by atoms with Gasteiger partial charge in [0.05, 0.1) is 17.9 Å². The van der Waals surface area contributed by atoms with Crippen LogP contribution in [0.3, 0.4) is 0 Å².